The lowest BCUT2D eigenvalue weighted by molar-refractivity contribution is -0.145. The predicted octanol–water partition coefficient (Wildman–Crippen LogP) is 3.94. The molecule has 0 aliphatic heterocycles. The molecule has 0 aromatic heterocycles. The molecule has 9 heteroatoms. The maximum absolute atomic E-state index is 14.2. The molecule has 0 bridgehead atoms. The van der Waals surface area contributed by atoms with E-state index >= 15 is 0 Å². The maximum atomic E-state index is 14.2. The zero-order valence-corrected chi connectivity index (χ0v) is 23.9. The van der Waals surface area contributed by atoms with Gasteiger partial charge in [0.25, 0.3) is 0 Å². The molecule has 3 unspecified atom stereocenters. The van der Waals surface area contributed by atoms with E-state index < -0.39 is 35.6 Å². The molecule has 0 radical (unpaired) electrons. The predicted molar refractivity (Wildman–Crippen MR) is 150 cm³/mol. The minimum absolute atomic E-state index is 0.0261. The molecular formula is C30H44N4O5. The molecule has 1 aliphatic rings. The Morgan fingerprint density at radius 1 is 1.13 bits per heavy atom. The number of terminal acetylenes is 1. The third-order valence-corrected chi connectivity index (χ3v) is 6.86. The monoisotopic (exact) mass is 540 g/mol. The number of nitrogens with two attached hydrogens (primary N) is 1. The molecule has 1 aliphatic carbocycles. The minimum Gasteiger partial charge on any atom is -0.444 e. The molecule has 1 saturated carbocycles. The van der Waals surface area contributed by atoms with Crippen molar-refractivity contribution >= 4 is 23.8 Å². The molecule has 0 heterocycles. The first-order valence-corrected chi connectivity index (χ1v) is 13.8. The van der Waals surface area contributed by atoms with E-state index in [1.165, 1.54) is 4.90 Å². The molecule has 3 atom stereocenters. The molecule has 0 saturated heterocycles. The fourth-order valence-electron chi connectivity index (χ4n) is 4.70. The van der Waals surface area contributed by atoms with E-state index in [9.17, 15) is 19.2 Å². The van der Waals surface area contributed by atoms with Gasteiger partial charge in [0, 0.05) is 24.1 Å². The largest absolute Gasteiger partial charge is 0.444 e. The van der Waals surface area contributed by atoms with Crippen LogP contribution in [-0.2, 0) is 19.1 Å². The van der Waals surface area contributed by atoms with Crippen LogP contribution in [0.1, 0.15) is 103 Å². The standard InChI is InChI=1S/C30H44N4O5/c1-7-20(3)34(28(37)24(18-19-25(31)35)33-29(38)39-30(4,5)6)26(22-16-14-21(8-2)15-17-22)27(36)32-23-12-10-9-11-13-23/h2,14-17,20,23-24,26H,7,9-13,18-19H2,1,3-6H3,(H2,31,35)(H,32,36)(H,33,38). The molecule has 1 fully saturated rings. The summed E-state index contributed by atoms with van der Waals surface area (Å²) in [5.41, 5.74) is 5.83. The highest BCUT2D eigenvalue weighted by molar-refractivity contribution is 5.92. The molecule has 39 heavy (non-hydrogen) atoms. The van der Waals surface area contributed by atoms with E-state index in [-0.39, 0.29) is 30.8 Å². The Hall–Kier alpha value is -3.54. The summed E-state index contributed by atoms with van der Waals surface area (Å²) >= 11 is 0. The Balaban J connectivity index is 2.51. The van der Waals surface area contributed by atoms with Crippen LogP contribution in [0, 0.1) is 12.3 Å². The molecule has 4 N–H and O–H groups in total. The number of benzene rings is 1. The lowest BCUT2D eigenvalue weighted by Crippen LogP contribution is -2.56. The minimum atomic E-state index is -1.13. The third-order valence-electron chi connectivity index (χ3n) is 6.86. The van der Waals surface area contributed by atoms with Gasteiger partial charge in [0.1, 0.15) is 17.7 Å². The fourth-order valence-corrected chi connectivity index (χ4v) is 4.70. The second kappa shape index (κ2) is 14.6. The lowest BCUT2D eigenvalue weighted by Gasteiger charge is -2.39. The smallest absolute Gasteiger partial charge is 0.408 e. The van der Waals surface area contributed by atoms with E-state index in [0.29, 0.717) is 17.5 Å². The van der Waals surface area contributed by atoms with E-state index in [2.05, 4.69) is 16.6 Å². The van der Waals surface area contributed by atoms with Gasteiger partial charge in [-0.1, -0.05) is 44.2 Å². The zero-order chi connectivity index (χ0) is 29.2. The number of nitrogens with one attached hydrogen (secondary N) is 2. The van der Waals surface area contributed by atoms with Crippen molar-refractivity contribution in [1.29, 1.82) is 0 Å². The number of carbonyl (C=O) groups excluding carboxylic acids is 4. The van der Waals surface area contributed by atoms with Crippen LogP contribution in [0.3, 0.4) is 0 Å². The van der Waals surface area contributed by atoms with Crippen LogP contribution in [0.5, 0.6) is 0 Å². The molecule has 214 valence electrons. The van der Waals surface area contributed by atoms with Crippen molar-refractivity contribution in [3.63, 3.8) is 0 Å². The third kappa shape index (κ3) is 9.93. The van der Waals surface area contributed by atoms with Crippen LogP contribution in [0.2, 0.25) is 0 Å². The second-order valence-electron chi connectivity index (χ2n) is 11.2. The van der Waals surface area contributed by atoms with Gasteiger partial charge < -0.3 is 26.0 Å². The molecule has 9 nitrogen and oxygen atoms in total. The summed E-state index contributed by atoms with van der Waals surface area (Å²) in [5.74, 6) is 1.17. The van der Waals surface area contributed by atoms with Gasteiger partial charge in [-0.15, -0.1) is 6.42 Å². The highest BCUT2D eigenvalue weighted by Crippen LogP contribution is 2.28. The van der Waals surface area contributed by atoms with Crippen LogP contribution < -0.4 is 16.4 Å². The lowest BCUT2D eigenvalue weighted by atomic mass is 9.94. The normalized spacial score (nSPS) is 16.2. The van der Waals surface area contributed by atoms with Crippen molar-refractivity contribution in [3.8, 4) is 12.3 Å². The summed E-state index contributed by atoms with van der Waals surface area (Å²) in [4.78, 5) is 53.9. The molecular weight excluding hydrogens is 496 g/mol. The summed E-state index contributed by atoms with van der Waals surface area (Å²) in [7, 11) is 0. The van der Waals surface area contributed by atoms with Crippen molar-refractivity contribution in [2.24, 2.45) is 5.73 Å². The molecule has 2 rings (SSSR count). The first kappa shape index (κ1) is 31.7. The number of hydrogen-bond donors (Lipinski definition) is 3. The number of ether oxygens (including phenoxy) is 1. The number of alkyl carbamates (subject to hydrolysis) is 1. The summed E-state index contributed by atoms with van der Waals surface area (Å²) in [5, 5.41) is 5.78. The van der Waals surface area contributed by atoms with Gasteiger partial charge in [-0.05, 0) is 71.1 Å². The molecule has 1 aromatic rings. The fraction of sp³-hybridized carbons (Fsp3) is 0.600. The van der Waals surface area contributed by atoms with Crippen molar-refractivity contribution in [1.82, 2.24) is 15.5 Å². The highest BCUT2D eigenvalue weighted by Gasteiger charge is 2.39. The van der Waals surface area contributed by atoms with Gasteiger partial charge in [-0.2, -0.15) is 0 Å². The number of rotatable bonds is 11. The first-order chi connectivity index (χ1) is 18.4. The number of carbonyl (C=O) groups is 4. The Labute approximate surface area is 232 Å². The van der Waals surface area contributed by atoms with Crippen LogP contribution in [0.15, 0.2) is 24.3 Å². The van der Waals surface area contributed by atoms with Gasteiger partial charge in [0.2, 0.25) is 17.7 Å². The van der Waals surface area contributed by atoms with E-state index in [1.807, 2.05) is 13.8 Å². The second-order valence-corrected chi connectivity index (χ2v) is 11.2. The van der Waals surface area contributed by atoms with Gasteiger partial charge in [0.05, 0.1) is 0 Å². The summed E-state index contributed by atoms with van der Waals surface area (Å²) in [6, 6.07) is 4.53. The number of hydrogen-bond acceptors (Lipinski definition) is 5. The Kier molecular flexibility index (Phi) is 11.8. The van der Waals surface area contributed by atoms with E-state index in [1.54, 1.807) is 45.0 Å². The summed E-state index contributed by atoms with van der Waals surface area (Å²) < 4.78 is 5.38. The Morgan fingerprint density at radius 2 is 1.74 bits per heavy atom. The van der Waals surface area contributed by atoms with Gasteiger partial charge in [-0.3, -0.25) is 14.4 Å². The molecule has 0 spiro atoms. The van der Waals surface area contributed by atoms with Gasteiger partial charge in [-0.25, -0.2) is 4.79 Å². The SMILES string of the molecule is C#Cc1ccc(C(C(=O)NC2CCCCC2)N(C(=O)C(CCC(N)=O)NC(=O)OC(C)(C)C)C(C)CC)cc1. The zero-order valence-electron chi connectivity index (χ0n) is 23.9. The van der Waals surface area contributed by atoms with Crippen LogP contribution in [0.4, 0.5) is 4.79 Å². The maximum Gasteiger partial charge on any atom is 0.408 e. The molecule has 4 amide bonds. The summed E-state index contributed by atoms with van der Waals surface area (Å²) in [6.07, 6.45) is 10.1. The number of primary amides is 1. The van der Waals surface area contributed by atoms with E-state index in [4.69, 9.17) is 16.9 Å². The van der Waals surface area contributed by atoms with Crippen LogP contribution in [0.25, 0.3) is 0 Å². The van der Waals surface area contributed by atoms with Crippen molar-refractivity contribution in [2.75, 3.05) is 0 Å². The molecule has 1 aromatic carbocycles. The Bertz CT molecular complexity index is 1030. The first-order valence-electron chi connectivity index (χ1n) is 13.8. The van der Waals surface area contributed by atoms with Crippen molar-refractivity contribution in [3.05, 3.63) is 35.4 Å². The van der Waals surface area contributed by atoms with Gasteiger partial charge >= 0.3 is 6.09 Å². The van der Waals surface area contributed by atoms with Crippen LogP contribution >= 0.6 is 0 Å². The average Bonchev–Trinajstić information content (AvgIpc) is 2.88. The quantitative estimate of drug-likeness (QED) is 0.366. The van der Waals surface area contributed by atoms with E-state index in [0.717, 1.165) is 32.1 Å². The van der Waals surface area contributed by atoms with Crippen LogP contribution in [-0.4, -0.2) is 52.4 Å². The number of amides is 4. The highest BCUT2D eigenvalue weighted by atomic mass is 16.6. The topological polar surface area (TPSA) is 131 Å². The number of nitrogens with zero attached hydrogens (tertiary/aromatic N) is 1. The van der Waals surface area contributed by atoms with Gasteiger partial charge in [0.15, 0.2) is 0 Å². The Morgan fingerprint density at radius 3 is 2.26 bits per heavy atom. The average molecular weight is 541 g/mol. The van der Waals surface area contributed by atoms with Crippen molar-refractivity contribution in [2.45, 2.75) is 116 Å². The van der Waals surface area contributed by atoms with Crippen molar-refractivity contribution < 1.29 is 23.9 Å². The summed E-state index contributed by atoms with van der Waals surface area (Å²) in [6.45, 7) is 8.91.